The lowest BCUT2D eigenvalue weighted by atomic mass is 10.1. The van der Waals surface area contributed by atoms with Gasteiger partial charge in [0.2, 0.25) is 0 Å². The molecule has 1 N–H and O–H groups in total. The summed E-state index contributed by atoms with van der Waals surface area (Å²) in [5.41, 5.74) is 2.52. The lowest BCUT2D eigenvalue weighted by molar-refractivity contribution is 0.508. The Balaban J connectivity index is 2.10. The fraction of sp³-hybridized carbons (Fsp3) is 0.412. The summed E-state index contributed by atoms with van der Waals surface area (Å²) >= 11 is 6.22. The number of aromatic nitrogens is 1. The normalized spacial score (nSPS) is 12.6. The fourth-order valence-corrected chi connectivity index (χ4v) is 2.70. The fourth-order valence-electron chi connectivity index (χ4n) is 2.51. The molecule has 0 aliphatic rings. The van der Waals surface area contributed by atoms with E-state index in [0.717, 1.165) is 23.7 Å². The number of nitrogens with zero attached hydrogens (tertiary/aromatic N) is 1. The molecule has 1 aromatic heterocycles. The Morgan fingerprint density at radius 2 is 2.00 bits per heavy atom. The molecule has 3 heteroatoms. The highest BCUT2D eigenvalue weighted by molar-refractivity contribution is 6.31. The van der Waals surface area contributed by atoms with Crippen molar-refractivity contribution >= 4 is 11.6 Å². The number of benzene rings is 1. The smallest absolute Gasteiger partial charge is 0.0485 e. The van der Waals surface area contributed by atoms with Gasteiger partial charge in [0.15, 0.2) is 0 Å². The Kier molecular flexibility index (Phi) is 5.69. The highest BCUT2D eigenvalue weighted by Gasteiger charge is 2.10. The van der Waals surface area contributed by atoms with E-state index in [1.54, 1.807) is 0 Å². The van der Waals surface area contributed by atoms with Crippen LogP contribution in [0.2, 0.25) is 5.02 Å². The van der Waals surface area contributed by atoms with Gasteiger partial charge in [-0.2, -0.15) is 0 Å². The van der Waals surface area contributed by atoms with Crippen molar-refractivity contribution in [1.82, 2.24) is 9.88 Å². The largest absolute Gasteiger partial charge is 0.350 e. The summed E-state index contributed by atoms with van der Waals surface area (Å²) in [4.78, 5) is 0. The molecule has 0 fully saturated rings. The summed E-state index contributed by atoms with van der Waals surface area (Å²) < 4.78 is 2.20. The van der Waals surface area contributed by atoms with Gasteiger partial charge in [0.1, 0.15) is 0 Å². The summed E-state index contributed by atoms with van der Waals surface area (Å²) in [6.07, 6.45) is 6.72. The molecule has 0 saturated heterocycles. The Morgan fingerprint density at radius 3 is 2.70 bits per heavy atom. The number of nitrogens with one attached hydrogen (secondary N) is 1. The van der Waals surface area contributed by atoms with Gasteiger partial charge >= 0.3 is 0 Å². The molecule has 108 valence electrons. The van der Waals surface area contributed by atoms with E-state index >= 15 is 0 Å². The third kappa shape index (κ3) is 3.87. The molecule has 1 aromatic carbocycles. The van der Waals surface area contributed by atoms with Crippen LogP contribution in [0.15, 0.2) is 42.7 Å². The van der Waals surface area contributed by atoms with Crippen molar-refractivity contribution in [2.75, 3.05) is 6.54 Å². The maximum absolute atomic E-state index is 6.22. The van der Waals surface area contributed by atoms with Gasteiger partial charge in [0.25, 0.3) is 0 Å². The van der Waals surface area contributed by atoms with Gasteiger partial charge in [-0.25, -0.2) is 0 Å². The second-order valence-electron chi connectivity index (χ2n) is 5.11. The minimum absolute atomic E-state index is 0.456. The molecule has 0 aliphatic heterocycles. The van der Waals surface area contributed by atoms with Crippen LogP contribution < -0.4 is 5.32 Å². The molecule has 0 saturated carbocycles. The molecule has 20 heavy (non-hydrogen) atoms. The highest BCUT2D eigenvalue weighted by atomic mass is 35.5. The van der Waals surface area contributed by atoms with Crippen LogP contribution in [-0.2, 0) is 6.54 Å². The first-order chi connectivity index (χ1) is 9.74. The van der Waals surface area contributed by atoms with Crippen molar-refractivity contribution in [2.24, 2.45) is 0 Å². The lowest BCUT2D eigenvalue weighted by Gasteiger charge is -2.15. The minimum Gasteiger partial charge on any atom is -0.350 e. The van der Waals surface area contributed by atoms with Crippen LogP contribution in [-0.4, -0.2) is 11.1 Å². The van der Waals surface area contributed by atoms with E-state index in [1.807, 2.05) is 18.2 Å². The average Bonchev–Trinajstić information content (AvgIpc) is 2.90. The lowest BCUT2D eigenvalue weighted by Crippen LogP contribution is -2.20. The zero-order valence-electron chi connectivity index (χ0n) is 12.3. The molecule has 2 nitrogen and oxygen atoms in total. The molecular weight excluding hydrogens is 268 g/mol. The Labute approximate surface area is 126 Å². The third-order valence-corrected chi connectivity index (χ3v) is 3.88. The van der Waals surface area contributed by atoms with Gasteiger partial charge in [-0.15, -0.1) is 0 Å². The van der Waals surface area contributed by atoms with Crippen molar-refractivity contribution in [1.29, 1.82) is 0 Å². The Bertz CT molecular complexity index is 527. The molecule has 0 radical (unpaired) electrons. The molecule has 1 heterocycles. The zero-order valence-corrected chi connectivity index (χ0v) is 13.0. The molecule has 1 atom stereocenters. The first kappa shape index (κ1) is 15.1. The topological polar surface area (TPSA) is 17.0 Å². The summed E-state index contributed by atoms with van der Waals surface area (Å²) in [6, 6.07) is 10.7. The van der Waals surface area contributed by atoms with Crippen molar-refractivity contribution in [3.8, 4) is 0 Å². The monoisotopic (exact) mass is 290 g/mol. The molecule has 2 rings (SSSR count). The van der Waals surface area contributed by atoms with E-state index in [2.05, 4.69) is 48.3 Å². The molecule has 1 unspecified atom stereocenters. The molecule has 2 aromatic rings. The van der Waals surface area contributed by atoms with Gasteiger partial charge in [-0.3, -0.25) is 0 Å². The van der Waals surface area contributed by atoms with Crippen LogP contribution in [0.1, 0.15) is 43.9 Å². The quantitative estimate of drug-likeness (QED) is 0.786. The Morgan fingerprint density at radius 1 is 1.20 bits per heavy atom. The maximum Gasteiger partial charge on any atom is 0.0485 e. The van der Waals surface area contributed by atoms with Gasteiger partial charge in [0, 0.05) is 30.0 Å². The second-order valence-corrected chi connectivity index (χ2v) is 5.51. The predicted octanol–water partition coefficient (Wildman–Crippen LogP) is 4.64. The van der Waals surface area contributed by atoms with Crippen molar-refractivity contribution in [2.45, 2.75) is 39.3 Å². The van der Waals surface area contributed by atoms with Crippen molar-refractivity contribution < 1.29 is 0 Å². The Hall–Kier alpha value is -1.25. The number of hydrogen-bond acceptors (Lipinski definition) is 1. The standard InChI is InChI=1S/C17H23ClN2/c1-3-7-17(19-4-2)15-10-11-20(13-15)12-14-8-5-6-9-16(14)18/h5-6,8-11,13,17,19H,3-4,7,12H2,1-2H3. The molecular formula is C17H23ClN2. The van der Waals surface area contributed by atoms with Crippen LogP contribution >= 0.6 is 11.6 Å². The van der Waals surface area contributed by atoms with Gasteiger partial charge in [-0.1, -0.05) is 50.1 Å². The van der Waals surface area contributed by atoms with Gasteiger partial charge in [-0.05, 0) is 36.2 Å². The van der Waals surface area contributed by atoms with Crippen LogP contribution in [0.5, 0.6) is 0 Å². The van der Waals surface area contributed by atoms with Crippen molar-refractivity contribution in [3.05, 3.63) is 58.9 Å². The zero-order chi connectivity index (χ0) is 14.4. The summed E-state index contributed by atoms with van der Waals surface area (Å²) in [6.45, 7) is 6.21. The number of halogens is 1. The highest BCUT2D eigenvalue weighted by Crippen LogP contribution is 2.21. The number of hydrogen-bond donors (Lipinski definition) is 1. The molecule has 0 aliphatic carbocycles. The predicted molar refractivity (Wildman–Crippen MR) is 86.3 cm³/mol. The second kappa shape index (κ2) is 7.51. The van der Waals surface area contributed by atoms with Crippen LogP contribution in [0, 0.1) is 0 Å². The van der Waals surface area contributed by atoms with Crippen LogP contribution in [0.4, 0.5) is 0 Å². The minimum atomic E-state index is 0.456. The van der Waals surface area contributed by atoms with Crippen molar-refractivity contribution in [3.63, 3.8) is 0 Å². The summed E-state index contributed by atoms with van der Waals surface area (Å²) in [5, 5.41) is 4.38. The third-order valence-electron chi connectivity index (χ3n) is 3.51. The molecule has 0 amide bonds. The SMILES string of the molecule is CCCC(NCC)c1ccn(Cc2ccccc2Cl)c1. The van der Waals surface area contributed by atoms with E-state index in [4.69, 9.17) is 11.6 Å². The van der Waals surface area contributed by atoms with E-state index in [-0.39, 0.29) is 0 Å². The average molecular weight is 291 g/mol. The van der Waals surface area contributed by atoms with Crippen LogP contribution in [0.3, 0.4) is 0 Å². The van der Waals surface area contributed by atoms with Gasteiger partial charge in [0.05, 0.1) is 0 Å². The maximum atomic E-state index is 6.22. The van der Waals surface area contributed by atoms with E-state index in [9.17, 15) is 0 Å². The summed E-state index contributed by atoms with van der Waals surface area (Å²) in [7, 11) is 0. The van der Waals surface area contributed by atoms with Gasteiger partial charge < -0.3 is 9.88 Å². The van der Waals surface area contributed by atoms with Crippen LogP contribution in [0.25, 0.3) is 0 Å². The number of rotatable bonds is 7. The molecule has 0 spiro atoms. The first-order valence-electron chi connectivity index (χ1n) is 7.37. The summed E-state index contributed by atoms with van der Waals surface area (Å²) in [5.74, 6) is 0. The van der Waals surface area contributed by atoms with E-state index in [0.29, 0.717) is 6.04 Å². The van der Waals surface area contributed by atoms with E-state index < -0.39 is 0 Å². The van der Waals surface area contributed by atoms with E-state index in [1.165, 1.54) is 18.4 Å². The molecule has 0 bridgehead atoms. The first-order valence-corrected chi connectivity index (χ1v) is 7.74.